The Balaban J connectivity index is 2.43. The van der Waals surface area contributed by atoms with Crippen LogP contribution >= 0.6 is 23.4 Å². The van der Waals surface area contributed by atoms with E-state index in [0.29, 0.717) is 24.6 Å². The summed E-state index contributed by atoms with van der Waals surface area (Å²) in [4.78, 5) is 13.0. The summed E-state index contributed by atoms with van der Waals surface area (Å²) in [6, 6.07) is 7.66. The number of carbonyl (C=O) groups excluding carboxylic acids is 1. The minimum absolute atomic E-state index is 0.0335. The van der Waals surface area contributed by atoms with Crippen LogP contribution in [0.5, 0.6) is 0 Å². The second kappa shape index (κ2) is 7.91. The lowest BCUT2D eigenvalue weighted by atomic mass is 9.88. The highest BCUT2D eigenvalue weighted by Crippen LogP contribution is 2.27. The van der Waals surface area contributed by atoms with Crippen molar-refractivity contribution in [1.29, 1.82) is 0 Å². The molecule has 3 N–H and O–H groups in total. The number of hydrogen-bond donors (Lipinski definition) is 2. The highest BCUT2D eigenvalue weighted by atomic mass is 35.5. The minimum atomic E-state index is -0.341. The van der Waals surface area contributed by atoms with Gasteiger partial charge in [0.15, 0.2) is 0 Å². The molecule has 20 heavy (non-hydrogen) atoms. The summed E-state index contributed by atoms with van der Waals surface area (Å²) in [5.41, 5.74) is 5.42. The SMILES string of the molecule is CC(C)C(C)(CN)NC(=O)CCSc1ccccc1Cl. The lowest BCUT2D eigenvalue weighted by Crippen LogP contribution is -2.55. The van der Waals surface area contributed by atoms with Crippen LogP contribution in [0.1, 0.15) is 27.2 Å². The molecule has 0 aliphatic rings. The van der Waals surface area contributed by atoms with E-state index in [1.54, 1.807) is 11.8 Å². The average Bonchev–Trinajstić information content (AvgIpc) is 2.40. The van der Waals surface area contributed by atoms with Gasteiger partial charge in [-0.1, -0.05) is 37.6 Å². The summed E-state index contributed by atoms with van der Waals surface area (Å²) in [6.07, 6.45) is 0.457. The third kappa shape index (κ3) is 5.00. The van der Waals surface area contributed by atoms with Gasteiger partial charge in [0, 0.05) is 23.6 Å². The molecule has 0 spiro atoms. The third-order valence-electron chi connectivity index (χ3n) is 3.55. The normalized spacial score (nSPS) is 14.1. The van der Waals surface area contributed by atoms with Crippen LogP contribution in [-0.4, -0.2) is 23.7 Å². The summed E-state index contributed by atoms with van der Waals surface area (Å²) >= 11 is 7.67. The van der Waals surface area contributed by atoms with Crippen molar-refractivity contribution >= 4 is 29.3 Å². The van der Waals surface area contributed by atoms with Crippen molar-refractivity contribution in [3.8, 4) is 0 Å². The smallest absolute Gasteiger partial charge is 0.221 e. The molecule has 1 atom stereocenters. The third-order valence-corrected chi connectivity index (χ3v) is 5.06. The van der Waals surface area contributed by atoms with Crippen LogP contribution in [0.15, 0.2) is 29.2 Å². The van der Waals surface area contributed by atoms with Crippen LogP contribution in [0.4, 0.5) is 0 Å². The molecule has 112 valence electrons. The number of thioether (sulfide) groups is 1. The van der Waals surface area contributed by atoms with Crippen molar-refractivity contribution in [2.24, 2.45) is 11.7 Å². The molecule has 0 saturated carbocycles. The Hall–Kier alpha value is -0.710. The number of hydrogen-bond acceptors (Lipinski definition) is 3. The summed E-state index contributed by atoms with van der Waals surface area (Å²) in [5.74, 6) is 1.03. The van der Waals surface area contributed by atoms with E-state index in [2.05, 4.69) is 19.2 Å². The zero-order chi connectivity index (χ0) is 15.2. The number of benzene rings is 1. The molecule has 1 aromatic carbocycles. The van der Waals surface area contributed by atoms with Crippen LogP contribution in [0.2, 0.25) is 5.02 Å². The van der Waals surface area contributed by atoms with Crippen LogP contribution in [0.25, 0.3) is 0 Å². The number of nitrogens with one attached hydrogen (secondary N) is 1. The molecule has 0 aliphatic heterocycles. The Morgan fingerprint density at radius 3 is 2.65 bits per heavy atom. The summed E-state index contributed by atoms with van der Waals surface area (Å²) in [5, 5.41) is 3.76. The molecule has 1 rings (SSSR count). The average molecular weight is 315 g/mol. The molecule has 0 saturated heterocycles. The van der Waals surface area contributed by atoms with Gasteiger partial charge in [-0.3, -0.25) is 4.79 Å². The summed E-state index contributed by atoms with van der Waals surface area (Å²) in [6.45, 7) is 6.54. The lowest BCUT2D eigenvalue weighted by Gasteiger charge is -2.33. The van der Waals surface area contributed by atoms with Gasteiger partial charge in [0.1, 0.15) is 0 Å². The second-order valence-electron chi connectivity index (χ2n) is 5.35. The Kier molecular flexibility index (Phi) is 6.86. The standard InChI is InChI=1S/C15H23ClN2OS/c1-11(2)15(3,10-17)18-14(19)8-9-20-13-7-5-4-6-12(13)16/h4-7,11H,8-10,17H2,1-3H3,(H,18,19). The maximum atomic E-state index is 12.0. The summed E-state index contributed by atoms with van der Waals surface area (Å²) < 4.78 is 0. The number of amides is 1. The topological polar surface area (TPSA) is 55.1 Å². The first-order valence-electron chi connectivity index (χ1n) is 6.77. The van der Waals surface area contributed by atoms with Gasteiger partial charge in [-0.25, -0.2) is 0 Å². The highest BCUT2D eigenvalue weighted by Gasteiger charge is 2.28. The number of carbonyl (C=O) groups is 1. The zero-order valence-electron chi connectivity index (χ0n) is 12.3. The van der Waals surface area contributed by atoms with E-state index >= 15 is 0 Å². The lowest BCUT2D eigenvalue weighted by molar-refractivity contribution is -0.122. The van der Waals surface area contributed by atoms with Gasteiger partial charge in [0.05, 0.1) is 10.6 Å². The van der Waals surface area contributed by atoms with Crippen molar-refractivity contribution in [3.05, 3.63) is 29.3 Å². The van der Waals surface area contributed by atoms with Crippen molar-refractivity contribution in [2.45, 2.75) is 37.6 Å². The van der Waals surface area contributed by atoms with E-state index in [9.17, 15) is 4.79 Å². The fraction of sp³-hybridized carbons (Fsp3) is 0.533. The monoisotopic (exact) mass is 314 g/mol. The van der Waals surface area contributed by atoms with Crippen molar-refractivity contribution < 1.29 is 4.79 Å². The predicted molar refractivity (Wildman–Crippen MR) is 87.2 cm³/mol. The second-order valence-corrected chi connectivity index (χ2v) is 6.90. The van der Waals surface area contributed by atoms with E-state index in [-0.39, 0.29) is 11.4 Å². The maximum Gasteiger partial charge on any atom is 0.221 e. The molecular weight excluding hydrogens is 292 g/mol. The van der Waals surface area contributed by atoms with Crippen molar-refractivity contribution in [1.82, 2.24) is 5.32 Å². The molecule has 0 bridgehead atoms. The van der Waals surface area contributed by atoms with Gasteiger partial charge in [0.2, 0.25) is 5.91 Å². The quantitative estimate of drug-likeness (QED) is 0.759. The first-order chi connectivity index (χ1) is 9.39. The van der Waals surface area contributed by atoms with Gasteiger partial charge in [-0.2, -0.15) is 0 Å². The number of halogens is 1. The fourth-order valence-corrected chi connectivity index (χ4v) is 2.82. The van der Waals surface area contributed by atoms with Gasteiger partial charge >= 0.3 is 0 Å². The molecule has 0 radical (unpaired) electrons. The Labute approximate surface area is 130 Å². The predicted octanol–water partition coefficient (Wildman–Crippen LogP) is 3.31. The van der Waals surface area contributed by atoms with Gasteiger partial charge in [-0.05, 0) is 25.0 Å². The van der Waals surface area contributed by atoms with E-state index < -0.39 is 0 Å². The van der Waals surface area contributed by atoms with E-state index in [1.807, 2.05) is 31.2 Å². The Morgan fingerprint density at radius 1 is 1.45 bits per heavy atom. The first kappa shape index (κ1) is 17.3. The largest absolute Gasteiger partial charge is 0.349 e. The van der Waals surface area contributed by atoms with Crippen molar-refractivity contribution in [2.75, 3.05) is 12.3 Å². The number of rotatable bonds is 7. The van der Waals surface area contributed by atoms with Gasteiger partial charge in [0.25, 0.3) is 0 Å². The fourth-order valence-electron chi connectivity index (χ4n) is 1.63. The zero-order valence-corrected chi connectivity index (χ0v) is 13.9. The molecule has 0 fully saturated rings. The van der Waals surface area contributed by atoms with Crippen LogP contribution in [-0.2, 0) is 4.79 Å². The first-order valence-corrected chi connectivity index (χ1v) is 8.14. The molecule has 5 heteroatoms. The molecule has 1 unspecified atom stereocenters. The van der Waals surface area contributed by atoms with E-state index in [4.69, 9.17) is 17.3 Å². The molecule has 0 heterocycles. The molecular formula is C15H23ClN2OS. The van der Waals surface area contributed by atoms with Crippen LogP contribution in [0, 0.1) is 5.92 Å². The molecule has 1 amide bonds. The highest BCUT2D eigenvalue weighted by molar-refractivity contribution is 7.99. The molecule has 0 aromatic heterocycles. The molecule has 3 nitrogen and oxygen atoms in total. The number of nitrogens with two attached hydrogens (primary N) is 1. The van der Waals surface area contributed by atoms with E-state index in [0.717, 1.165) is 9.92 Å². The Bertz CT molecular complexity index is 453. The van der Waals surface area contributed by atoms with Crippen molar-refractivity contribution in [3.63, 3.8) is 0 Å². The molecule has 1 aromatic rings. The van der Waals surface area contributed by atoms with Crippen LogP contribution < -0.4 is 11.1 Å². The minimum Gasteiger partial charge on any atom is -0.349 e. The van der Waals surface area contributed by atoms with E-state index in [1.165, 1.54) is 0 Å². The van der Waals surface area contributed by atoms with Crippen LogP contribution in [0.3, 0.4) is 0 Å². The molecule has 0 aliphatic carbocycles. The Morgan fingerprint density at radius 2 is 2.10 bits per heavy atom. The summed E-state index contributed by atoms with van der Waals surface area (Å²) in [7, 11) is 0. The van der Waals surface area contributed by atoms with Gasteiger partial charge < -0.3 is 11.1 Å². The maximum absolute atomic E-state index is 12.0. The van der Waals surface area contributed by atoms with Gasteiger partial charge in [-0.15, -0.1) is 11.8 Å².